The predicted octanol–water partition coefficient (Wildman–Crippen LogP) is 22.8. The van der Waals surface area contributed by atoms with Gasteiger partial charge in [0.2, 0.25) is 0 Å². The number of carboxylic acids is 1. The van der Waals surface area contributed by atoms with Gasteiger partial charge in [-0.15, -0.1) is 0 Å². The number of nitrogens with zero attached hydrogens (tertiary/aromatic N) is 1. The van der Waals surface area contributed by atoms with E-state index in [1.807, 2.05) is 21.1 Å². The summed E-state index contributed by atoms with van der Waals surface area (Å²) < 4.78 is 22.9. The van der Waals surface area contributed by atoms with Crippen molar-refractivity contribution in [2.45, 2.75) is 347 Å². The predicted molar refractivity (Wildman–Crippen MR) is 389 cm³/mol. The van der Waals surface area contributed by atoms with Crippen LogP contribution in [-0.2, 0) is 33.3 Å². The molecule has 0 saturated heterocycles. The Hall–Kier alpha value is -4.05. The standard InChI is InChI=1S/C82H143NO8/c1-6-8-10-12-14-16-18-20-22-24-26-28-30-32-34-36-37-38-39-40-41-42-43-45-47-49-51-53-55-57-59-61-63-65-67-69-71-73-80(85)91-78(77-90-82(81(86)87)88-75-74-83(3,4)5)76-89-79(84)72-70-68-66-64-62-60-58-56-54-52-50-48-46-44-35-33-31-29-27-25-23-21-19-17-15-13-11-9-7-2/h8-11,14-17,20-23,26-29,32,34,78,82H,6-7,12-13,18-19,24-25,30-31,33,35-77H2,1-5H3/b10-8-,11-9-,16-14-,17-15-,22-20-,23-21-,28-26-,29-27-,34-32-. The molecule has 0 fully saturated rings. The number of allylic oxidation sites excluding steroid dienone is 18. The molecule has 9 nitrogen and oxygen atoms in total. The van der Waals surface area contributed by atoms with E-state index < -0.39 is 24.3 Å². The van der Waals surface area contributed by atoms with Crippen LogP contribution in [0.3, 0.4) is 0 Å². The van der Waals surface area contributed by atoms with E-state index in [4.69, 9.17) is 18.9 Å². The van der Waals surface area contributed by atoms with Crippen LogP contribution in [0.4, 0.5) is 0 Å². The number of quaternary nitrogens is 1. The first-order chi connectivity index (χ1) is 44.6. The summed E-state index contributed by atoms with van der Waals surface area (Å²) in [7, 11) is 5.94. The third kappa shape index (κ3) is 73.2. The Kier molecular flexibility index (Phi) is 68.6. The second-order valence-electron chi connectivity index (χ2n) is 26.5. The van der Waals surface area contributed by atoms with E-state index in [2.05, 4.69) is 123 Å². The van der Waals surface area contributed by atoms with Gasteiger partial charge in [-0.1, -0.05) is 335 Å². The van der Waals surface area contributed by atoms with Gasteiger partial charge in [0, 0.05) is 12.8 Å². The van der Waals surface area contributed by atoms with Gasteiger partial charge in [-0.2, -0.15) is 0 Å². The zero-order chi connectivity index (χ0) is 66.1. The molecule has 0 aliphatic heterocycles. The van der Waals surface area contributed by atoms with Crippen LogP contribution in [0.1, 0.15) is 335 Å². The third-order valence-corrected chi connectivity index (χ3v) is 16.5. The Morgan fingerprint density at radius 1 is 0.330 bits per heavy atom. The van der Waals surface area contributed by atoms with E-state index in [0.717, 1.165) is 89.9 Å². The number of rotatable bonds is 70. The maximum atomic E-state index is 13.0. The molecule has 0 heterocycles. The Morgan fingerprint density at radius 2 is 0.593 bits per heavy atom. The minimum Gasteiger partial charge on any atom is -0.545 e. The maximum absolute atomic E-state index is 13.0. The van der Waals surface area contributed by atoms with E-state index in [1.54, 1.807) is 0 Å². The quantitative estimate of drug-likeness (QED) is 0.0195. The molecule has 9 heteroatoms. The van der Waals surface area contributed by atoms with Crippen molar-refractivity contribution in [1.29, 1.82) is 0 Å². The van der Waals surface area contributed by atoms with Crippen molar-refractivity contribution in [1.82, 2.24) is 0 Å². The lowest BCUT2D eigenvalue weighted by molar-refractivity contribution is -0.870. The average Bonchev–Trinajstić information content (AvgIpc) is 3.50. The lowest BCUT2D eigenvalue weighted by atomic mass is 10.0. The molecule has 0 aliphatic carbocycles. The van der Waals surface area contributed by atoms with Crippen molar-refractivity contribution in [2.75, 3.05) is 47.5 Å². The summed E-state index contributed by atoms with van der Waals surface area (Å²) in [4.78, 5) is 37.6. The normalized spacial score (nSPS) is 13.3. The third-order valence-electron chi connectivity index (χ3n) is 16.5. The van der Waals surface area contributed by atoms with Gasteiger partial charge in [-0.25, -0.2) is 0 Å². The highest BCUT2D eigenvalue weighted by molar-refractivity contribution is 5.70. The van der Waals surface area contributed by atoms with Gasteiger partial charge in [-0.3, -0.25) is 9.59 Å². The molecular weight excluding hydrogens is 1130 g/mol. The van der Waals surface area contributed by atoms with Crippen LogP contribution in [0.2, 0.25) is 0 Å². The van der Waals surface area contributed by atoms with Crippen molar-refractivity contribution >= 4 is 17.9 Å². The smallest absolute Gasteiger partial charge is 0.306 e. The molecule has 0 N–H and O–H groups in total. The highest BCUT2D eigenvalue weighted by Gasteiger charge is 2.22. The van der Waals surface area contributed by atoms with Gasteiger partial charge in [0.1, 0.15) is 13.2 Å². The molecule has 0 rings (SSSR count). The summed E-state index contributed by atoms with van der Waals surface area (Å²) in [5.74, 6) is -2.27. The SMILES string of the molecule is CC/C=C\C/C=C\C/C=C\C/C=C\C/C=C\CCCCCCCCCCCCCCCCCCCCCCCC(=O)OC(COC(=O)CCCCCCCCCCCCCCCCCC/C=C\C/C=C\C/C=C\C/C=C\CC)COC(OCC[N+](C)(C)C)C(=O)[O-]. The summed E-state index contributed by atoms with van der Waals surface area (Å²) in [6.45, 7) is 4.56. The number of hydrogen-bond acceptors (Lipinski definition) is 8. The van der Waals surface area contributed by atoms with Crippen LogP contribution in [0.25, 0.3) is 0 Å². The maximum Gasteiger partial charge on any atom is 0.306 e. The Bertz CT molecular complexity index is 1870. The highest BCUT2D eigenvalue weighted by Crippen LogP contribution is 2.18. The zero-order valence-corrected chi connectivity index (χ0v) is 59.9. The number of ether oxygens (including phenoxy) is 4. The highest BCUT2D eigenvalue weighted by atomic mass is 16.7. The van der Waals surface area contributed by atoms with Gasteiger partial charge in [-0.05, 0) is 96.3 Å². The summed E-state index contributed by atoms with van der Waals surface area (Å²) in [5, 5.41) is 11.9. The van der Waals surface area contributed by atoms with Crippen LogP contribution in [0.5, 0.6) is 0 Å². The molecule has 0 aliphatic rings. The van der Waals surface area contributed by atoms with Gasteiger partial charge in [0.05, 0.1) is 40.3 Å². The Balaban J connectivity index is 4.02. The number of carbonyl (C=O) groups excluding carboxylic acids is 3. The Morgan fingerprint density at radius 3 is 0.879 bits per heavy atom. The number of aliphatic carboxylic acids is 1. The van der Waals surface area contributed by atoms with E-state index >= 15 is 0 Å². The number of likely N-dealkylation sites (N-methyl/N-ethyl adjacent to an activating group) is 1. The minimum absolute atomic E-state index is 0.147. The van der Waals surface area contributed by atoms with Gasteiger partial charge < -0.3 is 33.3 Å². The molecule has 0 saturated carbocycles. The molecule has 0 radical (unpaired) electrons. The minimum atomic E-state index is -1.62. The fraction of sp³-hybridized carbons (Fsp3) is 0.744. The molecule has 0 spiro atoms. The fourth-order valence-electron chi connectivity index (χ4n) is 10.8. The molecule has 524 valence electrons. The first-order valence-corrected chi connectivity index (χ1v) is 38.0. The van der Waals surface area contributed by atoms with Crippen molar-refractivity contribution in [3.63, 3.8) is 0 Å². The van der Waals surface area contributed by atoms with E-state index in [9.17, 15) is 19.5 Å². The first-order valence-electron chi connectivity index (χ1n) is 38.0. The van der Waals surface area contributed by atoms with E-state index in [0.29, 0.717) is 23.9 Å². The number of carbonyl (C=O) groups is 3. The topological polar surface area (TPSA) is 111 Å². The van der Waals surface area contributed by atoms with Crippen molar-refractivity contribution in [2.24, 2.45) is 0 Å². The largest absolute Gasteiger partial charge is 0.545 e. The molecule has 0 aromatic carbocycles. The van der Waals surface area contributed by atoms with E-state index in [-0.39, 0.29) is 32.2 Å². The molecule has 2 unspecified atom stereocenters. The summed E-state index contributed by atoms with van der Waals surface area (Å²) >= 11 is 0. The molecule has 0 bridgehead atoms. The Labute approximate surface area is 562 Å². The molecular formula is C82H143NO8. The van der Waals surface area contributed by atoms with Gasteiger partial charge >= 0.3 is 11.9 Å². The number of carboxylic acid groups (broad SMARTS) is 1. The summed E-state index contributed by atoms with van der Waals surface area (Å²) in [5.41, 5.74) is 0. The molecule has 0 amide bonds. The fourth-order valence-corrected chi connectivity index (χ4v) is 10.8. The van der Waals surface area contributed by atoms with Gasteiger partial charge in [0.15, 0.2) is 12.4 Å². The van der Waals surface area contributed by atoms with Crippen molar-refractivity contribution < 1.29 is 42.9 Å². The van der Waals surface area contributed by atoms with Crippen LogP contribution in [0, 0.1) is 0 Å². The molecule has 2 atom stereocenters. The number of hydrogen-bond donors (Lipinski definition) is 0. The lowest BCUT2D eigenvalue weighted by Crippen LogP contribution is -2.44. The molecule has 0 aromatic rings. The molecule has 91 heavy (non-hydrogen) atoms. The average molecular weight is 1270 g/mol. The van der Waals surface area contributed by atoms with Crippen molar-refractivity contribution in [3.05, 3.63) is 109 Å². The number of esters is 2. The second-order valence-corrected chi connectivity index (χ2v) is 26.5. The monoisotopic (exact) mass is 1270 g/mol. The van der Waals surface area contributed by atoms with Crippen molar-refractivity contribution in [3.8, 4) is 0 Å². The summed E-state index contributed by atoms with van der Waals surface area (Å²) in [6.07, 6.45) is 97.7. The lowest BCUT2D eigenvalue weighted by Gasteiger charge is -2.26. The second kappa shape index (κ2) is 71.8. The van der Waals surface area contributed by atoms with Crippen LogP contribution in [-0.4, -0.2) is 82.3 Å². The van der Waals surface area contributed by atoms with E-state index in [1.165, 1.54) is 212 Å². The van der Waals surface area contributed by atoms with Crippen LogP contribution >= 0.6 is 0 Å². The zero-order valence-electron chi connectivity index (χ0n) is 59.9. The first kappa shape index (κ1) is 87.0. The van der Waals surface area contributed by atoms with Crippen LogP contribution < -0.4 is 5.11 Å². The summed E-state index contributed by atoms with van der Waals surface area (Å²) in [6, 6.07) is 0. The molecule has 0 aromatic heterocycles. The van der Waals surface area contributed by atoms with Gasteiger partial charge in [0.25, 0.3) is 0 Å². The number of unbranched alkanes of at least 4 members (excludes halogenated alkanes) is 37. The van der Waals surface area contributed by atoms with Crippen LogP contribution in [0.15, 0.2) is 109 Å².